The smallest absolute Gasteiger partial charge is 0.161 e. The molecule has 0 heterocycles. The van der Waals surface area contributed by atoms with E-state index in [1.807, 2.05) is 6.07 Å². The van der Waals surface area contributed by atoms with E-state index in [2.05, 4.69) is 24.4 Å². The highest BCUT2D eigenvalue weighted by Crippen LogP contribution is 2.31. The Kier molecular flexibility index (Phi) is 5.88. The zero-order valence-electron chi connectivity index (χ0n) is 13.4. The first-order valence-electron chi connectivity index (χ1n) is 7.87. The van der Waals surface area contributed by atoms with Crippen LogP contribution in [0.1, 0.15) is 44.2 Å². The molecule has 2 rings (SSSR count). The Labute approximate surface area is 128 Å². The van der Waals surface area contributed by atoms with Crippen molar-refractivity contribution in [1.29, 1.82) is 0 Å². The molecule has 21 heavy (non-hydrogen) atoms. The van der Waals surface area contributed by atoms with Crippen molar-refractivity contribution in [3.8, 4) is 11.5 Å². The number of nitrogens with two attached hydrogens (primary N) is 1. The van der Waals surface area contributed by atoms with Gasteiger partial charge in [-0.25, -0.2) is 0 Å². The molecular weight excluding hydrogens is 264 g/mol. The summed E-state index contributed by atoms with van der Waals surface area (Å²) >= 11 is 0. The molecule has 0 radical (unpaired) electrons. The average Bonchev–Trinajstić information content (AvgIpc) is 2.54. The van der Waals surface area contributed by atoms with Gasteiger partial charge in [0.15, 0.2) is 11.5 Å². The second-order valence-electron chi connectivity index (χ2n) is 5.89. The van der Waals surface area contributed by atoms with Crippen LogP contribution in [0.4, 0.5) is 0 Å². The van der Waals surface area contributed by atoms with Crippen LogP contribution >= 0.6 is 0 Å². The Hall–Kier alpha value is -1.26. The second-order valence-corrected chi connectivity index (χ2v) is 5.89. The molecule has 1 fully saturated rings. The maximum absolute atomic E-state index is 5.92. The molecule has 1 aromatic carbocycles. The maximum atomic E-state index is 5.92. The quantitative estimate of drug-likeness (QED) is 0.846. The van der Waals surface area contributed by atoms with E-state index < -0.39 is 0 Å². The summed E-state index contributed by atoms with van der Waals surface area (Å²) in [5, 5.41) is 3.75. The van der Waals surface area contributed by atoms with Crippen molar-refractivity contribution in [2.45, 2.75) is 44.7 Å². The third kappa shape index (κ3) is 3.89. The Morgan fingerprint density at radius 1 is 1.19 bits per heavy atom. The Bertz CT molecular complexity index is 450. The summed E-state index contributed by atoms with van der Waals surface area (Å²) in [6, 6.07) is 6.91. The van der Waals surface area contributed by atoms with Crippen molar-refractivity contribution in [3.05, 3.63) is 23.8 Å². The predicted octanol–water partition coefficient (Wildman–Crippen LogP) is 2.87. The van der Waals surface area contributed by atoms with E-state index in [9.17, 15) is 0 Å². The molecule has 0 bridgehead atoms. The summed E-state index contributed by atoms with van der Waals surface area (Å²) in [5.41, 5.74) is 7.13. The van der Waals surface area contributed by atoms with Crippen molar-refractivity contribution >= 4 is 0 Å². The topological polar surface area (TPSA) is 56.5 Å². The molecule has 0 aliphatic heterocycles. The number of rotatable bonds is 6. The number of hydrogen-bond donors (Lipinski definition) is 2. The molecular formula is C17H28N2O2. The molecule has 0 aromatic heterocycles. The third-order valence-electron chi connectivity index (χ3n) is 4.58. The van der Waals surface area contributed by atoms with Gasteiger partial charge in [-0.05, 0) is 49.9 Å². The SMILES string of the molecule is COc1ccc(C(C)NC2CCCCC2CN)cc1OC. The van der Waals surface area contributed by atoms with Crippen LogP contribution < -0.4 is 20.5 Å². The van der Waals surface area contributed by atoms with Gasteiger partial charge in [-0.1, -0.05) is 18.9 Å². The molecule has 0 spiro atoms. The van der Waals surface area contributed by atoms with Gasteiger partial charge >= 0.3 is 0 Å². The molecule has 3 atom stereocenters. The third-order valence-corrected chi connectivity index (χ3v) is 4.58. The number of nitrogens with one attached hydrogen (secondary N) is 1. The zero-order chi connectivity index (χ0) is 15.2. The van der Waals surface area contributed by atoms with Crippen LogP contribution in [0, 0.1) is 5.92 Å². The number of ether oxygens (including phenoxy) is 2. The average molecular weight is 292 g/mol. The first-order valence-corrected chi connectivity index (χ1v) is 7.87. The Balaban J connectivity index is 2.07. The lowest BCUT2D eigenvalue weighted by Gasteiger charge is -2.34. The van der Waals surface area contributed by atoms with Gasteiger partial charge < -0.3 is 20.5 Å². The van der Waals surface area contributed by atoms with Crippen LogP contribution in [0.2, 0.25) is 0 Å². The monoisotopic (exact) mass is 292 g/mol. The zero-order valence-corrected chi connectivity index (χ0v) is 13.4. The lowest BCUT2D eigenvalue weighted by atomic mass is 9.84. The fraction of sp³-hybridized carbons (Fsp3) is 0.647. The van der Waals surface area contributed by atoms with Crippen LogP contribution in [0.25, 0.3) is 0 Å². The highest BCUT2D eigenvalue weighted by molar-refractivity contribution is 5.43. The van der Waals surface area contributed by atoms with E-state index in [0.717, 1.165) is 18.0 Å². The summed E-state index contributed by atoms with van der Waals surface area (Å²) in [6.45, 7) is 2.97. The Morgan fingerprint density at radius 3 is 2.57 bits per heavy atom. The van der Waals surface area contributed by atoms with E-state index in [0.29, 0.717) is 12.0 Å². The Morgan fingerprint density at radius 2 is 1.90 bits per heavy atom. The molecule has 3 N–H and O–H groups in total. The van der Waals surface area contributed by atoms with Gasteiger partial charge in [-0.2, -0.15) is 0 Å². The van der Waals surface area contributed by atoms with E-state index in [4.69, 9.17) is 15.2 Å². The first-order chi connectivity index (χ1) is 10.2. The van der Waals surface area contributed by atoms with E-state index in [1.54, 1.807) is 14.2 Å². The molecule has 0 amide bonds. The van der Waals surface area contributed by atoms with Gasteiger partial charge in [-0.15, -0.1) is 0 Å². The summed E-state index contributed by atoms with van der Waals surface area (Å²) in [5.74, 6) is 2.15. The highest BCUT2D eigenvalue weighted by atomic mass is 16.5. The maximum Gasteiger partial charge on any atom is 0.161 e. The highest BCUT2D eigenvalue weighted by Gasteiger charge is 2.25. The van der Waals surface area contributed by atoms with Crippen molar-refractivity contribution in [2.24, 2.45) is 11.7 Å². The lowest BCUT2D eigenvalue weighted by molar-refractivity contribution is 0.252. The molecule has 3 unspecified atom stereocenters. The largest absolute Gasteiger partial charge is 0.493 e. The van der Waals surface area contributed by atoms with Gasteiger partial charge in [-0.3, -0.25) is 0 Å². The van der Waals surface area contributed by atoms with Crippen LogP contribution in [-0.4, -0.2) is 26.8 Å². The second kappa shape index (κ2) is 7.66. The number of benzene rings is 1. The minimum absolute atomic E-state index is 0.280. The van der Waals surface area contributed by atoms with E-state index >= 15 is 0 Å². The number of methoxy groups -OCH3 is 2. The predicted molar refractivity (Wildman–Crippen MR) is 85.9 cm³/mol. The summed E-state index contributed by atoms with van der Waals surface area (Å²) in [4.78, 5) is 0. The molecule has 118 valence electrons. The fourth-order valence-electron chi connectivity index (χ4n) is 3.25. The molecule has 1 aliphatic carbocycles. The molecule has 1 aliphatic rings. The lowest BCUT2D eigenvalue weighted by Crippen LogP contribution is -2.42. The molecule has 1 aromatic rings. The van der Waals surface area contributed by atoms with Crippen molar-refractivity contribution in [1.82, 2.24) is 5.32 Å². The summed E-state index contributed by atoms with van der Waals surface area (Å²) < 4.78 is 10.7. The van der Waals surface area contributed by atoms with Crippen molar-refractivity contribution in [2.75, 3.05) is 20.8 Å². The van der Waals surface area contributed by atoms with Gasteiger partial charge in [0.05, 0.1) is 14.2 Å². The van der Waals surface area contributed by atoms with Crippen LogP contribution in [0.5, 0.6) is 11.5 Å². The minimum atomic E-state index is 0.280. The van der Waals surface area contributed by atoms with Gasteiger partial charge in [0.2, 0.25) is 0 Å². The summed E-state index contributed by atoms with van der Waals surface area (Å²) in [7, 11) is 3.33. The van der Waals surface area contributed by atoms with Crippen molar-refractivity contribution in [3.63, 3.8) is 0 Å². The fourth-order valence-corrected chi connectivity index (χ4v) is 3.25. The molecule has 4 nitrogen and oxygen atoms in total. The van der Waals surface area contributed by atoms with E-state index in [1.165, 1.54) is 31.2 Å². The normalized spacial score (nSPS) is 23.6. The first kappa shape index (κ1) is 16.1. The van der Waals surface area contributed by atoms with Gasteiger partial charge in [0.25, 0.3) is 0 Å². The van der Waals surface area contributed by atoms with Crippen LogP contribution in [0.15, 0.2) is 18.2 Å². The van der Waals surface area contributed by atoms with Crippen LogP contribution in [-0.2, 0) is 0 Å². The van der Waals surface area contributed by atoms with E-state index in [-0.39, 0.29) is 6.04 Å². The molecule has 4 heteroatoms. The molecule has 0 saturated heterocycles. The van der Waals surface area contributed by atoms with Crippen LogP contribution in [0.3, 0.4) is 0 Å². The molecule has 1 saturated carbocycles. The summed E-state index contributed by atoms with van der Waals surface area (Å²) in [6.07, 6.45) is 5.07. The minimum Gasteiger partial charge on any atom is -0.493 e. The van der Waals surface area contributed by atoms with Gasteiger partial charge in [0.1, 0.15) is 0 Å². The van der Waals surface area contributed by atoms with Gasteiger partial charge in [0, 0.05) is 12.1 Å². The van der Waals surface area contributed by atoms with Crippen molar-refractivity contribution < 1.29 is 9.47 Å². The number of hydrogen-bond acceptors (Lipinski definition) is 4. The standard InChI is InChI=1S/C17H28N2O2/c1-12(19-15-7-5-4-6-14(15)11-18)13-8-9-16(20-2)17(10-13)21-3/h8-10,12,14-15,19H,4-7,11,18H2,1-3H3.